The van der Waals surface area contributed by atoms with E-state index in [-0.39, 0.29) is 35.6 Å². The number of furan rings is 1. The molecule has 6 nitrogen and oxygen atoms in total. The molecule has 8 heteroatoms. The van der Waals surface area contributed by atoms with Crippen molar-refractivity contribution in [3.63, 3.8) is 0 Å². The van der Waals surface area contributed by atoms with Crippen molar-refractivity contribution in [3.8, 4) is 0 Å². The van der Waals surface area contributed by atoms with Gasteiger partial charge in [0.25, 0.3) is 5.91 Å². The largest absolute Gasteiger partial charge is 0.459 e. The summed E-state index contributed by atoms with van der Waals surface area (Å²) >= 11 is 5.92. The monoisotopic (exact) mass is 538 g/mol. The number of benzene rings is 2. The molecule has 0 saturated heterocycles. The van der Waals surface area contributed by atoms with E-state index in [0.29, 0.717) is 18.8 Å². The molecule has 0 radical (unpaired) electrons. The summed E-state index contributed by atoms with van der Waals surface area (Å²) in [6.07, 6.45) is 1.47. The highest BCUT2D eigenvalue weighted by atomic mass is 127. The first kappa shape index (κ1) is 23.8. The molecule has 1 amide bonds. The molecule has 3 aromatic rings. The van der Waals surface area contributed by atoms with Crippen molar-refractivity contribution >= 4 is 53.1 Å². The van der Waals surface area contributed by atoms with Crippen LogP contribution in [-0.4, -0.2) is 18.4 Å². The van der Waals surface area contributed by atoms with E-state index in [2.05, 4.69) is 20.9 Å². The Bertz CT molecular complexity index is 942. The number of nitrogens with one attached hydrogen (secondary N) is 3. The zero-order valence-corrected chi connectivity index (χ0v) is 19.6. The number of halogens is 2. The Labute approximate surface area is 198 Å². The van der Waals surface area contributed by atoms with Gasteiger partial charge in [-0.1, -0.05) is 35.9 Å². The van der Waals surface area contributed by atoms with Crippen LogP contribution in [0.1, 0.15) is 28.6 Å². The SMILES string of the molecule is CCNC(=NCc1ccc(NC(=O)c2ccco2)cc1)NCc1ccc(Cl)cc1.I. The molecule has 0 bridgehead atoms. The van der Waals surface area contributed by atoms with E-state index in [1.54, 1.807) is 12.1 Å². The lowest BCUT2D eigenvalue weighted by atomic mass is 10.2. The van der Waals surface area contributed by atoms with E-state index < -0.39 is 0 Å². The predicted octanol–water partition coefficient (Wildman–Crippen LogP) is 5.06. The van der Waals surface area contributed by atoms with E-state index in [0.717, 1.165) is 28.7 Å². The molecule has 158 valence electrons. The van der Waals surface area contributed by atoms with Crippen LogP contribution in [0.5, 0.6) is 0 Å². The fourth-order valence-corrected chi connectivity index (χ4v) is 2.72. The number of guanidine groups is 1. The van der Waals surface area contributed by atoms with Gasteiger partial charge in [0.15, 0.2) is 11.7 Å². The third-order valence-corrected chi connectivity index (χ3v) is 4.35. The first-order valence-corrected chi connectivity index (χ1v) is 9.72. The second-order valence-electron chi connectivity index (χ2n) is 6.30. The average Bonchev–Trinajstić information content (AvgIpc) is 3.27. The Kier molecular flexibility index (Phi) is 9.69. The summed E-state index contributed by atoms with van der Waals surface area (Å²) in [5.74, 6) is 0.736. The third kappa shape index (κ3) is 7.38. The molecule has 3 N–H and O–H groups in total. The number of hydrogen-bond acceptors (Lipinski definition) is 3. The molecule has 30 heavy (non-hydrogen) atoms. The summed E-state index contributed by atoms with van der Waals surface area (Å²) in [6, 6.07) is 18.6. The van der Waals surface area contributed by atoms with Gasteiger partial charge in [0, 0.05) is 23.8 Å². The number of anilines is 1. The van der Waals surface area contributed by atoms with Gasteiger partial charge in [0.2, 0.25) is 0 Å². The lowest BCUT2D eigenvalue weighted by Gasteiger charge is -2.11. The molecule has 0 spiro atoms. The Hall–Kier alpha value is -2.52. The maximum Gasteiger partial charge on any atom is 0.291 e. The number of amides is 1. The van der Waals surface area contributed by atoms with Crippen molar-refractivity contribution in [1.29, 1.82) is 0 Å². The highest BCUT2D eigenvalue weighted by Crippen LogP contribution is 2.13. The zero-order chi connectivity index (χ0) is 20.5. The molecule has 0 fully saturated rings. The van der Waals surface area contributed by atoms with Gasteiger partial charge in [0.1, 0.15) is 0 Å². The Morgan fingerprint density at radius 3 is 2.33 bits per heavy atom. The van der Waals surface area contributed by atoms with E-state index in [1.807, 2.05) is 55.5 Å². The maximum absolute atomic E-state index is 12.0. The fraction of sp³-hybridized carbons (Fsp3) is 0.182. The number of nitrogens with zero attached hydrogens (tertiary/aromatic N) is 1. The highest BCUT2D eigenvalue weighted by Gasteiger charge is 2.08. The van der Waals surface area contributed by atoms with Crippen LogP contribution in [0, 0.1) is 0 Å². The van der Waals surface area contributed by atoms with Crippen LogP contribution < -0.4 is 16.0 Å². The highest BCUT2D eigenvalue weighted by molar-refractivity contribution is 14.0. The van der Waals surface area contributed by atoms with Gasteiger partial charge >= 0.3 is 0 Å². The van der Waals surface area contributed by atoms with Crippen LogP contribution >= 0.6 is 35.6 Å². The van der Waals surface area contributed by atoms with Crippen LogP contribution in [0.4, 0.5) is 5.69 Å². The average molecular weight is 539 g/mol. The summed E-state index contributed by atoms with van der Waals surface area (Å²) < 4.78 is 5.09. The standard InChI is InChI=1S/C22H23ClN4O2.HI/c1-2-24-22(25-14-16-5-9-18(23)10-6-16)26-15-17-7-11-19(12-8-17)27-21(28)20-4-3-13-29-20;/h3-13H,2,14-15H2,1H3,(H,27,28)(H2,24,25,26);1H. The minimum Gasteiger partial charge on any atom is -0.459 e. The second kappa shape index (κ2) is 12.2. The van der Waals surface area contributed by atoms with Crippen LogP contribution in [0.25, 0.3) is 0 Å². The topological polar surface area (TPSA) is 78.7 Å². The van der Waals surface area contributed by atoms with Crippen LogP contribution in [0.2, 0.25) is 5.02 Å². The Morgan fingerprint density at radius 2 is 1.70 bits per heavy atom. The number of carbonyl (C=O) groups is 1. The van der Waals surface area contributed by atoms with Crippen molar-refractivity contribution < 1.29 is 9.21 Å². The second-order valence-corrected chi connectivity index (χ2v) is 6.74. The van der Waals surface area contributed by atoms with E-state index in [1.165, 1.54) is 6.26 Å². The first-order valence-electron chi connectivity index (χ1n) is 9.34. The minimum atomic E-state index is -0.276. The number of carbonyl (C=O) groups excluding carboxylic acids is 1. The van der Waals surface area contributed by atoms with Crippen molar-refractivity contribution in [2.45, 2.75) is 20.0 Å². The van der Waals surface area contributed by atoms with Crippen LogP contribution in [0.15, 0.2) is 76.3 Å². The fourth-order valence-electron chi connectivity index (χ4n) is 2.59. The molecular weight excluding hydrogens is 515 g/mol. The van der Waals surface area contributed by atoms with Gasteiger partial charge in [-0.2, -0.15) is 0 Å². The Morgan fingerprint density at radius 1 is 1.00 bits per heavy atom. The van der Waals surface area contributed by atoms with E-state index in [4.69, 9.17) is 16.0 Å². The van der Waals surface area contributed by atoms with Gasteiger partial charge in [-0.25, -0.2) is 4.99 Å². The maximum atomic E-state index is 12.0. The van der Waals surface area contributed by atoms with E-state index in [9.17, 15) is 4.79 Å². The molecule has 3 rings (SSSR count). The molecule has 0 aliphatic heterocycles. The first-order chi connectivity index (χ1) is 14.1. The van der Waals surface area contributed by atoms with Gasteiger partial charge in [-0.3, -0.25) is 4.79 Å². The molecule has 1 heterocycles. The quantitative estimate of drug-likeness (QED) is 0.223. The van der Waals surface area contributed by atoms with Crippen LogP contribution in [-0.2, 0) is 13.1 Å². The molecule has 0 atom stereocenters. The number of aliphatic imine (C=N–C) groups is 1. The van der Waals surface area contributed by atoms with Crippen molar-refractivity contribution in [2.24, 2.45) is 4.99 Å². The molecule has 0 aliphatic carbocycles. The van der Waals surface area contributed by atoms with Gasteiger partial charge in [0.05, 0.1) is 12.8 Å². The lowest BCUT2D eigenvalue weighted by Crippen LogP contribution is -2.36. The molecular formula is C22H24ClIN4O2. The minimum absolute atomic E-state index is 0. The summed E-state index contributed by atoms with van der Waals surface area (Å²) in [4.78, 5) is 16.6. The summed E-state index contributed by atoms with van der Waals surface area (Å²) in [7, 11) is 0. The van der Waals surface area contributed by atoms with Crippen molar-refractivity contribution in [3.05, 3.63) is 88.8 Å². The lowest BCUT2D eigenvalue weighted by molar-refractivity contribution is 0.0996. The molecule has 0 aliphatic rings. The zero-order valence-electron chi connectivity index (χ0n) is 16.5. The normalized spacial score (nSPS) is 10.8. The summed E-state index contributed by atoms with van der Waals surface area (Å²) in [5, 5.41) is 10.1. The summed E-state index contributed by atoms with van der Waals surface area (Å²) in [5.41, 5.74) is 2.85. The van der Waals surface area contributed by atoms with Crippen LogP contribution in [0.3, 0.4) is 0 Å². The molecule has 0 unspecified atom stereocenters. The van der Waals surface area contributed by atoms with Crippen molar-refractivity contribution in [2.75, 3.05) is 11.9 Å². The molecule has 1 aromatic heterocycles. The Balaban J connectivity index is 0.00000320. The van der Waals surface area contributed by atoms with Gasteiger partial charge in [-0.05, 0) is 54.4 Å². The molecule has 0 saturated carbocycles. The van der Waals surface area contributed by atoms with Gasteiger partial charge < -0.3 is 20.4 Å². The predicted molar refractivity (Wildman–Crippen MR) is 132 cm³/mol. The smallest absolute Gasteiger partial charge is 0.291 e. The van der Waals surface area contributed by atoms with Gasteiger partial charge in [-0.15, -0.1) is 24.0 Å². The molecule has 2 aromatic carbocycles. The third-order valence-electron chi connectivity index (χ3n) is 4.09. The summed E-state index contributed by atoms with van der Waals surface area (Å²) in [6.45, 7) is 3.96. The number of rotatable bonds is 7. The van der Waals surface area contributed by atoms with E-state index >= 15 is 0 Å². The number of hydrogen-bond donors (Lipinski definition) is 3. The van der Waals surface area contributed by atoms with Crippen molar-refractivity contribution in [1.82, 2.24) is 10.6 Å².